The second kappa shape index (κ2) is 7.64. The first-order chi connectivity index (χ1) is 13.5. The van der Waals surface area contributed by atoms with Crippen LogP contribution in [0, 0.1) is 0 Å². The molecule has 0 radical (unpaired) electrons. The van der Waals surface area contributed by atoms with Gasteiger partial charge in [0.05, 0.1) is 16.6 Å². The van der Waals surface area contributed by atoms with Crippen molar-refractivity contribution in [3.05, 3.63) is 65.0 Å². The number of hydrogen-bond donors (Lipinski definition) is 0. The number of ether oxygens (including phenoxy) is 2. The van der Waals surface area contributed by atoms with E-state index in [0.29, 0.717) is 23.0 Å². The highest BCUT2D eigenvalue weighted by Crippen LogP contribution is 2.37. The van der Waals surface area contributed by atoms with E-state index in [-0.39, 0.29) is 19.1 Å². The zero-order valence-corrected chi connectivity index (χ0v) is 16.8. The highest BCUT2D eigenvalue weighted by atomic mass is 32.1. The van der Waals surface area contributed by atoms with Crippen LogP contribution in [-0.4, -0.2) is 17.3 Å². The number of carbonyl (C=O) groups is 1. The molecule has 0 saturated heterocycles. The molecular formula is C22H22N2O3S. The number of thiazole rings is 1. The molecule has 0 aliphatic carbocycles. The van der Waals surface area contributed by atoms with Gasteiger partial charge in [0.15, 0.2) is 16.3 Å². The fourth-order valence-electron chi connectivity index (χ4n) is 3.19. The van der Waals surface area contributed by atoms with Gasteiger partial charge in [-0.15, -0.1) is 6.58 Å². The first-order valence-electron chi connectivity index (χ1n) is 9.25. The predicted octanol–water partition coefficient (Wildman–Crippen LogP) is 4.41. The number of aromatic nitrogens is 1. The van der Waals surface area contributed by atoms with E-state index in [4.69, 9.17) is 9.47 Å². The summed E-state index contributed by atoms with van der Waals surface area (Å²) < 4.78 is 13.9. The lowest BCUT2D eigenvalue weighted by atomic mass is 10.0. The summed E-state index contributed by atoms with van der Waals surface area (Å²) in [6, 6.07) is 12.0. The van der Waals surface area contributed by atoms with Gasteiger partial charge in [-0.1, -0.05) is 55.5 Å². The Balaban J connectivity index is 1.66. The zero-order valence-electron chi connectivity index (χ0n) is 16.0. The SMILES string of the molecule is C=CCn1c(=NC(=O)Cc2ccc(C(C)C)cc2)sc2cc3c(cc21)OCO3. The van der Waals surface area contributed by atoms with E-state index in [2.05, 4.69) is 37.6 Å². The summed E-state index contributed by atoms with van der Waals surface area (Å²) in [5.41, 5.74) is 3.19. The minimum Gasteiger partial charge on any atom is -0.454 e. The van der Waals surface area contributed by atoms with Crippen LogP contribution in [0.3, 0.4) is 0 Å². The molecule has 3 aromatic rings. The van der Waals surface area contributed by atoms with E-state index in [1.165, 1.54) is 16.9 Å². The predicted molar refractivity (Wildman–Crippen MR) is 111 cm³/mol. The number of amides is 1. The molecule has 1 aliphatic rings. The number of allylic oxidation sites excluding steroid dienone is 1. The maximum atomic E-state index is 12.6. The number of nitrogens with zero attached hydrogens (tertiary/aromatic N) is 2. The number of rotatable bonds is 5. The Morgan fingerprint density at radius 2 is 1.96 bits per heavy atom. The van der Waals surface area contributed by atoms with Crippen LogP contribution in [0.1, 0.15) is 30.9 Å². The molecule has 1 amide bonds. The Morgan fingerprint density at radius 1 is 1.25 bits per heavy atom. The molecule has 0 fully saturated rings. The van der Waals surface area contributed by atoms with Crippen LogP contribution < -0.4 is 14.3 Å². The van der Waals surface area contributed by atoms with E-state index in [9.17, 15) is 4.79 Å². The molecular weight excluding hydrogens is 372 g/mol. The summed E-state index contributed by atoms with van der Waals surface area (Å²) in [5, 5.41) is 0. The number of benzene rings is 2. The summed E-state index contributed by atoms with van der Waals surface area (Å²) in [6.07, 6.45) is 2.08. The molecule has 0 bridgehead atoms. The molecule has 2 aromatic carbocycles. The fourth-order valence-corrected chi connectivity index (χ4v) is 4.26. The van der Waals surface area contributed by atoms with Crippen molar-refractivity contribution in [2.45, 2.75) is 32.7 Å². The Bertz CT molecular complexity index is 1110. The Labute approximate surface area is 167 Å². The van der Waals surface area contributed by atoms with Crippen LogP contribution in [0.15, 0.2) is 54.0 Å². The van der Waals surface area contributed by atoms with Gasteiger partial charge in [0.2, 0.25) is 6.79 Å². The lowest BCUT2D eigenvalue weighted by molar-refractivity contribution is -0.117. The van der Waals surface area contributed by atoms with E-state index in [1.807, 2.05) is 28.8 Å². The molecule has 0 atom stereocenters. The fraction of sp³-hybridized carbons (Fsp3) is 0.273. The Hall–Kier alpha value is -2.86. The summed E-state index contributed by atoms with van der Waals surface area (Å²) in [7, 11) is 0. The molecule has 1 aromatic heterocycles. The van der Waals surface area contributed by atoms with E-state index in [1.54, 1.807) is 6.08 Å². The lowest BCUT2D eigenvalue weighted by Crippen LogP contribution is -2.17. The number of carbonyl (C=O) groups excluding carboxylic acids is 1. The van der Waals surface area contributed by atoms with Gasteiger partial charge in [0.1, 0.15) is 0 Å². The van der Waals surface area contributed by atoms with Gasteiger partial charge in [-0.2, -0.15) is 4.99 Å². The first-order valence-corrected chi connectivity index (χ1v) is 10.1. The standard InChI is InChI=1S/C22H22N2O3S/c1-4-9-24-17-11-18-19(27-13-26-18)12-20(17)28-22(24)23-21(25)10-15-5-7-16(8-6-15)14(2)3/h4-8,11-12,14H,1,9-10,13H2,2-3H3. The van der Waals surface area contributed by atoms with Crippen molar-refractivity contribution >= 4 is 27.5 Å². The molecule has 1 aliphatic heterocycles. The molecule has 0 spiro atoms. The second-order valence-electron chi connectivity index (χ2n) is 7.04. The molecule has 28 heavy (non-hydrogen) atoms. The molecule has 2 heterocycles. The summed E-state index contributed by atoms with van der Waals surface area (Å²) in [4.78, 5) is 17.6. The maximum absolute atomic E-state index is 12.6. The Morgan fingerprint density at radius 3 is 2.64 bits per heavy atom. The van der Waals surface area contributed by atoms with Crippen LogP contribution in [0.5, 0.6) is 11.5 Å². The number of hydrogen-bond acceptors (Lipinski definition) is 4. The van der Waals surface area contributed by atoms with Crippen LogP contribution in [0.25, 0.3) is 10.2 Å². The third-order valence-corrected chi connectivity index (χ3v) is 5.75. The molecule has 0 saturated carbocycles. The van der Waals surface area contributed by atoms with Crippen LogP contribution in [0.2, 0.25) is 0 Å². The van der Waals surface area contributed by atoms with Crippen molar-refractivity contribution in [3.8, 4) is 11.5 Å². The van der Waals surface area contributed by atoms with Crippen LogP contribution in [0.4, 0.5) is 0 Å². The highest BCUT2D eigenvalue weighted by Gasteiger charge is 2.17. The summed E-state index contributed by atoms with van der Waals surface area (Å²) in [6.45, 7) is 8.93. The van der Waals surface area contributed by atoms with Crippen LogP contribution >= 0.6 is 11.3 Å². The third-order valence-electron chi connectivity index (χ3n) is 4.71. The average Bonchev–Trinajstić information content (AvgIpc) is 3.25. The normalized spacial score (nSPS) is 13.5. The van der Waals surface area contributed by atoms with Gasteiger partial charge in [0.25, 0.3) is 5.91 Å². The minimum atomic E-state index is -0.165. The van der Waals surface area contributed by atoms with Gasteiger partial charge in [-0.25, -0.2) is 0 Å². The quantitative estimate of drug-likeness (QED) is 0.602. The monoisotopic (exact) mass is 394 g/mol. The number of fused-ring (bicyclic) bond motifs is 2. The van der Waals surface area contributed by atoms with E-state index in [0.717, 1.165) is 21.5 Å². The summed E-state index contributed by atoms with van der Waals surface area (Å²) in [5.74, 6) is 1.75. The maximum Gasteiger partial charge on any atom is 0.252 e. The van der Waals surface area contributed by atoms with E-state index < -0.39 is 0 Å². The lowest BCUT2D eigenvalue weighted by Gasteiger charge is -2.05. The van der Waals surface area contributed by atoms with Crippen molar-refractivity contribution in [3.63, 3.8) is 0 Å². The van der Waals surface area contributed by atoms with Crippen molar-refractivity contribution < 1.29 is 14.3 Å². The van der Waals surface area contributed by atoms with E-state index >= 15 is 0 Å². The third kappa shape index (κ3) is 3.60. The Kier molecular flexibility index (Phi) is 5.05. The second-order valence-corrected chi connectivity index (χ2v) is 8.04. The van der Waals surface area contributed by atoms with Gasteiger partial charge >= 0.3 is 0 Å². The zero-order chi connectivity index (χ0) is 19.7. The first kappa shape index (κ1) is 18.5. The van der Waals surface area contributed by atoms with Crippen molar-refractivity contribution in [1.29, 1.82) is 0 Å². The van der Waals surface area contributed by atoms with Crippen LogP contribution in [-0.2, 0) is 17.8 Å². The molecule has 5 nitrogen and oxygen atoms in total. The topological polar surface area (TPSA) is 52.8 Å². The van der Waals surface area contributed by atoms with Gasteiger partial charge < -0.3 is 14.0 Å². The molecule has 4 rings (SSSR count). The molecule has 144 valence electrons. The molecule has 6 heteroatoms. The average molecular weight is 394 g/mol. The molecule has 0 unspecified atom stereocenters. The van der Waals surface area contributed by atoms with Gasteiger partial charge in [0, 0.05) is 18.7 Å². The molecule has 0 N–H and O–H groups in total. The van der Waals surface area contributed by atoms with Gasteiger partial charge in [-0.3, -0.25) is 4.79 Å². The van der Waals surface area contributed by atoms with Crippen molar-refractivity contribution in [2.75, 3.05) is 6.79 Å². The van der Waals surface area contributed by atoms with Crippen molar-refractivity contribution in [1.82, 2.24) is 4.57 Å². The van der Waals surface area contributed by atoms with Gasteiger partial charge in [-0.05, 0) is 17.0 Å². The smallest absolute Gasteiger partial charge is 0.252 e. The largest absolute Gasteiger partial charge is 0.454 e. The summed E-state index contributed by atoms with van der Waals surface area (Å²) >= 11 is 1.47. The minimum absolute atomic E-state index is 0.165. The highest BCUT2D eigenvalue weighted by molar-refractivity contribution is 7.16. The van der Waals surface area contributed by atoms with Crippen molar-refractivity contribution in [2.24, 2.45) is 4.99 Å².